The van der Waals surface area contributed by atoms with Crippen molar-refractivity contribution in [1.82, 2.24) is 4.90 Å². The lowest BCUT2D eigenvalue weighted by Crippen LogP contribution is -2.48. The van der Waals surface area contributed by atoms with Gasteiger partial charge in [-0.2, -0.15) is 13.2 Å². The zero-order chi connectivity index (χ0) is 19.7. The van der Waals surface area contributed by atoms with E-state index in [1.165, 1.54) is 11.0 Å². The molecule has 1 aromatic carbocycles. The summed E-state index contributed by atoms with van der Waals surface area (Å²) in [4.78, 5) is 13.1. The number of nitrogens with zero attached hydrogens (tertiary/aromatic N) is 1. The average Bonchev–Trinajstić information content (AvgIpc) is 3.03. The van der Waals surface area contributed by atoms with Gasteiger partial charge in [-0.15, -0.1) is 0 Å². The molecule has 9 heteroatoms. The van der Waals surface area contributed by atoms with Crippen molar-refractivity contribution in [1.29, 1.82) is 0 Å². The van der Waals surface area contributed by atoms with Gasteiger partial charge in [0.25, 0.3) is 0 Å². The molecule has 0 bridgehead atoms. The first-order chi connectivity index (χ1) is 12.7. The number of aliphatic hydroxyl groups is 1. The number of benzene rings is 1. The van der Waals surface area contributed by atoms with Crippen molar-refractivity contribution >= 4 is 6.09 Å². The molecule has 2 fully saturated rings. The number of carbonyl (C=O) groups excluding carboxylic acids is 1. The number of piperidine rings is 1. The SMILES string of the molecule is O=C(OC(CO)C(F)(F)F)N1CCC2(CC1)CC(c1ccccc1F)CO2. The van der Waals surface area contributed by atoms with E-state index in [9.17, 15) is 22.4 Å². The summed E-state index contributed by atoms with van der Waals surface area (Å²) in [5.74, 6) is -0.375. The van der Waals surface area contributed by atoms with Crippen LogP contribution in [0.2, 0.25) is 0 Å². The Balaban J connectivity index is 1.56. The zero-order valence-corrected chi connectivity index (χ0v) is 14.5. The Labute approximate surface area is 153 Å². The van der Waals surface area contributed by atoms with Gasteiger partial charge in [0.15, 0.2) is 0 Å². The predicted molar refractivity (Wildman–Crippen MR) is 86.7 cm³/mol. The monoisotopic (exact) mass is 391 g/mol. The zero-order valence-electron chi connectivity index (χ0n) is 14.5. The van der Waals surface area contributed by atoms with Crippen molar-refractivity contribution in [2.24, 2.45) is 0 Å². The minimum absolute atomic E-state index is 0.0892. The molecular formula is C18H21F4NO4. The maximum atomic E-state index is 14.0. The van der Waals surface area contributed by atoms with E-state index in [0.717, 1.165) is 0 Å². The maximum Gasteiger partial charge on any atom is 0.427 e. The molecule has 2 aliphatic heterocycles. The fourth-order valence-corrected chi connectivity index (χ4v) is 3.70. The summed E-state index contributed by atoms with van der Waals surface area (Å²) >= 11 is 0. The first-order valence-electron chi connectivity index (χ1n) is 8.76. The fourth-order valence-electron chi connectivity index (χ4n) is 3.70. The second-order valence-corrected chi connectivity index (χ2v) is 7.00. The third-order valence-electron chi connectivity index (χ3n) is 5.26. The standard InChI is InChI=1S/C18H21F4NO4/c19-14-4-2-1-3-13(14)12-9-17(26-11-12)5-7-23(8-6-17)16(25)27-15(10-24)18(20,21)22/h1-4,12,15,24H,5-11H2. The highest BCUT2D eigenvalue weighted by Crippen LogP contribution is 2.43. The smallest absolute Gasteiger partial charge is 0.427 e. The minimum atomic E-state index is -4.82. The number of hydrogen-bond donors (Lipinski definition) is 1. The van der Waals surface area contributed by atoms with Crippen molar-refractivity contribution in [3.63, 3.8) is 0 Å². The van der Waals surface area contributed by atoms with Crippen LogP contribution in [0.5, 0.6) is 0 Å². The summed E-state index contributed by atoms with van der Waals surface area (Å²) < 4.78 is 62.1. The Hall–Kier alpha value is -1.87. The molecule has 3 rings (SSSR count). The third kappa shape index (κ3) is 4.35. The normalized spacial score (nSPS) is 23.4. The largest absolute Gasteiger partial charge is 0.434 e. The van der Waals surface area contributed by atoms with Gasteiger partial charge in [0.2, 0.25) is 6.10 Å². The van der Waals surface area contributed by atoms with Crippen molar-refractivity contribution in [2.75, 3.05) is 26.3 Å². The summed E-state index contributed by atoms with van der Waals surface area (Å²) in [6.45, 7) is -0.593. The van der Waals surface area contributed by atoms with Gasteiger partial charge in [-0.1, -0.05) is 18.2 Å². The number of likely N-dealkylation sites (tertiary alicyclic amines) is 1. The molecule has 1 N–H and O–H groups in total. The van der Waals surface area contributed by atoms with E-state index in [0.29, 0.717) is 31.4 Å². The molecule has 150 valence electrons. The van der Waals surface area contributed by atoms with Gasteiger partial charge in [0, 0.05) is 19.0 Å². The molecule has 1 spiro atoms. The van der Waals surface area contributed by atoms with E-state index < -0.39 is 30.6 Å². The van der Waals surface area contributed by atoms with Crippen LogP contribution in [0.1, 0.15) is 30.7 Å². The van der Waals surface area contributed by atoms with Crippen LogP contribution in [0.15, 0.2) is 24.3 Å². The molecule has 27 heavy (non-hydrogen) atoms. The van der Waals surface area contributed by atoms with Crippen molar-refractivity contribution in [3.05, 3.63) is 35.6 Å². The highest BCUT2D eigenvalue weighted by atomic mass is 19.4. The van der Waals surface area contributed by atoms with Crippen molar-refractivity contribution < 1.29 is 36.9 Å². The average molecular weight is 391 g/mol. The second kappa shape index (κ2) is 7.63. The van der Waals surface area contributed by atoms with Gasteiger partial charge in [-0.25, -0.2) is 9.18 Å². The number of ether oxygens (including phenoxy) is 2. The quantitative estimate of drug-likeness (QED) is 0.804. The van der Waals surface area contributed by atoms with Crippen LogP contribution in [-0.2, 0) is 9.47 Å². The Morgan fingerprint density at radius 2 is 2.00 bits per heavy atom. The number of carbonyl (C=O) groups is 1. The second-order valence-electron chi connectivity index (χ2n) is 7.00. The molecule has 1 aromatic rings. The van der Waals surface area contributed by atoms with Crippen LogP contribution in [-0.4, -0.2) is 60.3 Å². The predicted octanol–water partition coefficient (Wildman–Crippen LogP) is 3.22. The van der Waals surface area contributed by atoms with E-state index in [4.69, 9.17) is 9.84 Å². The Morgan fingerprint density at radius 3 is 2.59 bits per heavy atom. The first kappa shape index (κ1) is 19.9. The van der Waals surface area contributed by atoms with Crippen LogP contribution in [0.4, 0.5) is 22.4 Å². The number of aliphatic hydroxyl groups excluding tert-OH is 1. The van der Waals surface area contributed by atoms with E-state index in [2.05, 4.69) is 4.74 Å². The van der Waals surface area contributed by atoms with Gasteiger partial charge in [0.1, 0.15) is 5.82 Å². The number of amides is 1. The lowest BCUT2D eigenvalue weighted by molar-refractivity contribution is -0.215. The fraction of sp³-hybridized carbons (Fsp3) is 0.611. The van der Waals surface area contributed by atoms with Crippen LogP contribution in [0, 0.1) is 5.82 Å². The lowest BCUT2D eigenvalue weighted by Gasteiger charge is -2.38. The van der Waals surface area contributed by atoms with Crippen molar-refractivity contribution in [2.45, 2.75) is 43.1 Å². The maximum absolute atomic E-state index is 14.0. The molecule has 2 saturated heterocycles. The van der Waals surface area contributed by atoms with E-state index >= 15 is 0 Å². The lowest BCUT2D eigenvalue weighted by atomic mass is 9.83. The van der Waals surface area contributed by atoms with Crippen LogP contribution < -0.4 is 0 Å². The topological polar surface area (TPSA) is 59.0 Å². The molecule has 0 aromatic heterocycles. The molecule has 2 unspecified atom stereocenters. The number of rotatable bonds is 3. The van der Waals surface area contributed by atoms with E-state index in [1.807, 2.05) is 0 Å². The highest BCUT2D eigenvalue weighted by Gasteiger charge is 2.46. The van der Waals surface area contributed by atoms with Gasteiger partial charge in [-0.05, 0) is 30.9 Å². The molecular weight excluding hydrogens is 370 g/mol. The Morgan fingerprint density at radius 1 is 1.33 bits per heavy atom. The van der Waals surface area contributed by atoms with Gasteiger partial charge in [-0.3, -0.25) is 0 Å². The number of hydrogen-bond acceptors (Lipinski definition) is 4. The molecule has 0 aliphatic carbocycles. The minimum Gasteiger partial charge on any atom is -0.434 e. The van der Waals surface area contributed by atoms with Gasteiger partial charge >= 0.3 is 12.3 Å². The molecule has 2 heterocycles. The molecule has 2 aliphatic rings. The van der Waals surface area contributed by atoms with Crippen LogP contribution >= 0.6 is 0 Å². The molecule has 0 radical (unpaired) electrons. The van der Waals surface area contributed by atoms with Crippen LogP contribution in [0.3, 0.4) is 0 Å². The van der Waals surface area contributed by atoms with E-state index in [-0.39, 0.29) is 24.8 Å². The van der Waals surface area contributed by atoms with Gasteiger partial charge in [0.05, 0.1) is 18.8 Å². The Bertz CT molecular complexity index is 674. The summed E-state index contributed by atoms with van der Waals surface area (Å²) in [6, 6.07) is 6.51. The van der Waals surface area contributed by atoms with E-state index in [1.54, 1.807) is 18.2 Å². The first-order valence-corrected chi connectivity index (χ1v) is 8.76. The summed E-state index contributed by atoms with van der Waals surface area (Å²) in [5.41, 5.74) is 0.0802. The summed E-state index contributed by atoms with van der Waals surface area (Å²) in [5, 5.41) is 8.77. The highest BCUT2D eigenvalue weighted by molar-refractivity contribution is 5.68. The van der Waals surface area contributed by atoms with Gasteiger partial charge < -0.3 is 19.5 Å². The Kier molecular flexibility index (Phi) is 5.62. The number of halogens is 4. The molecule has 5 nitrogen and oxygen atoms in total. The molecule has 2 atom stereocenters. The summed E-state index contributed by atoms with van der Waals surface area (Å²) in [7, 11) is 0. The van der Waals surface area contributed by atoms with Crippen molar-refractivity contribution in [3.8, 4) is 0 Å². The third-order valence-corrected chi connectivity index (χ3v) is 5.26. The summed E-state index contributed by atoms with van der Waals surface area (Å²) in [6.07, 6.45) is -6.99. The molecule has 0 saturated carbocycles. The van der Waals surface area contributed by atoms with Crippen LogP contribution in [0.25, 0.3) is 0 Å². The number of alkyl halides is 3. The molecule has 1 amide bonds.